The van der Waals surface area contributed by atoms with E-state index in [1.165, 1.54) is 18.3 Å². The standard InChI is InChI=1S/C16H11ClI2O/c17-11-7-5-10(6-8-11)15-12-3-1-2-4-14(12)20-9-13(18)16(15)19/h1-8,15H,9H2. The van der Waals surface area contributed by atoms with Gasteiger partial charge in [-0.1, -0.05) is 41.9 Å². The lowest BCUT2D eigenvalue weighted by atomic mass is 9.90. The quantitative estimate of drug-likeness (QED) is 0.433. The minimum Gasteiger partial charge on any atom is -0.488 e. The van der Waals surface area contributed by atoms with E-state index < -0.39 is 0 Å². The molecule has 2 aromatic carbocycles. The molecule has 4 heteroatoms. The Morgan fingerprint density at radius 2 is 1.70 bits per heavy atom. The lowest BCUT2D eigenvalue weighted by Gasteiger charge is -2.18. The van der Waals surface area contributed by atoms with Crippen LogP contribution in [0, 0.1) is 0 Å². The third-order valence-electron chi connectivity index (χ3n) is 3.30. The van der Waals surface area contributed by atoms with Crippen molar-refractivity contribution in [1.29, 1.82) is 0 Å². The number of hydrogen-bond donors (Lipinski definition) is 0. The van der Waals surface area contributed by atoms with Gasteiger partial charge in [0.25, 0.3) is 0 Å². The number of fused-ring (bicyclic) bond motifs is 1. The lowest BCUT2D eigenvalue weighted by molar-refractivity contribution is 0.361. The predicted molar refractivity (Wildman–Crippen MR) is 100 cm³/mol. The molecule has 0 bridgehead atoms. The van der Waals surface area contributed by atoms with Crippen molar-refractivity contribution in [1.82, 2.24) is 0 Å². The van der Waals surface area contributed by atoms with Gasteiger partial charge in [-0.05, 0) is 68.9 Å². The molecule has 1 nitrogen and oxygen atoms in total. The zero-order valence-corrected chi connectivity index (χ0v) is 15.5. The summed E-state index contributed by atoms with van der Waals surface area (Å²) in [6.45, 7) is 0.639. The molecule has 3 rings (SSSR count). The molecule has 0 radical (unpaired) electrons. The summed E-state index contributed by atoms with van der Waals surface area (Å²) in [4.78, 5) is 0. The minimum absolute atomic E-state index is 0.221. The van der Waals surface area contributed by atoms with E-state index in [9.17, 15) is 0 Å². The van der Waals surface area contributed by atoms with Crippen molar-refractivity contribution in [2.75, 3.05) is 6.61 Å². The first-order valence-electron chi connectivity index (χ1n) is 6.18. The van der Waals surface area contributed by atoms with Crippen LogP contribution < -0.4 is 4.74 Å². The largest absolute Gasteiger partial charge is 0.488 e. The van der Waals surface area contributed by atoms with Gasteiger partial charge in [-0.25, -0.2) is 0 Å². The van der Waals surface area contributed by atoms with Crippen LogP contribution in [-0.4, -0.2) is 6.61 Å². The molecule has 0 saturated heterocycles. The van der Waals surface area contributed by atoms with Crippen LogP contribution in [-0.2, 0) is 0 Å². The molecule has 2 aromatic rings. The molecule has 0 N–H and O–H groups in total. The molecule has 0 spiro atoms. The molecule has 0 amide bonds. The number of allylic oxidation sites excluding steroid dienone is 1. The van der Waals surface area contributed by atoms with Crippen LogP contribution in [0.2, 0.25) is 5.02 Å². The van der Waals surface area contributed by atoms with Gasteiger partial charge in [0.05, 0.1) is 0 Å². The highest BCUT2D eigenvalue weighted by molar-refractivity contribution is 14.1. The van der Waals surface area contributed by atoms with Gasteiger partial charge >= 0.3 is 0 Å². The van der Waals surface area contributed by atoms with Crippen molar-refractivity contribution < 1.29 is 4.74 Å². The number of halogens is 3. The Labute approximate surface area is 150 Å². The molecule has 102 valence electrons. The van der Waals surface area contributed by atoms with E-state index in [0.29, 0.717) is 6.61 Å². The predicted octanol–water partition coefficient (Wildman–Crippen LogP) is 5.95. The lowest BCUT2D eigenvalue weighted by Crippen LogP contribution is -2.01. The Bertz CT molecular complexity index is 664. The first-order valence-corrected chi connectivity index (χ1v) is 8.71. The second kappa shape index (κ2) is 6.23. The minimum atomic E-state index is 0.221. The third kappa shape index (κ3) is 2.85. The van der Waals surface area contributed by atoms with E-state index in [4.69, 9.17) is 16.3 Å². The van der Waals surface area contributed by atoms with Gasteiger partial charge in [0, 0.05) is 23.7 Å². The summed E-state index contributed by atoms with van der Waals surface area (Å²) in [5, 5.41) is 0.764. The highest BCUT2D eigenvalue weighted by Gasteiger charge is 2.25. The topological polar surface area (TPSA) is 9.23 Å². The van der Waals surface area contributed by atoms with Crippen molar-refractivity contribution >= 4 is 56.8 Å². The van der Waals surface area contributed by atoms with E-state index in [1.54, 1.807) is 0 Å². The van der Waals surface area contributed by atoms with Crippen molar-refractivity contribution in [2.24, 2.45) is 0 Å². The van der Waals surface area contributed by atoms with Gasteiger partial charge in [0.1, 0.15) is 12.4 Å². The second-order valence-electron chi connectivity index (χ2n) is 4.56. The summed E-state index contributed by atoms with van der Waals surface area (Å²) in [5.74, 6) is 1.19. The Morgan fingerprint density at radius 3 is 2.45 bits per heavy atom. The van der Waals surface area contributed by atoms with Gasteiger partial charge in [-0.2, -0.15) is 0 Å². The van der Waals surface area contributed by atoms with Crippen LogP contribution in [0.4, 0.5) is 0 Å². The van der Waals surface area contributed by atoms with Crippen LogP contribution >= 0.6 is 56.8 Å². The van der Waals surface area contributed by atoms with Crippen molar-refractivity contribution in [3.63, 3.8) is 0 Å². The fourth-order valence-corrected chi connectivity index (χ4v) is 3.78. The first-order chi connectivity index (χ1) is 9.66. The average molecular weight is 509 g/mol. The second-order valence-corrected chi connectivity index (χ2v) is 7.46. The number of ether oxygens (including phenoxy) is 1. The molecular formula is C16H11ClI2O. The highest BCUT2D eigenvalue weighted by atomic mass is 127. The van der Waals surface area contributed by atoms with Crippen LogP contribution in [0.25, 0.3) is 0 Å². The molecular weight excluding hydrogens is 497 g/mol. The van der Waals surface area contributed by atoms with Crippen LogP contribution in [0.1, 0.15) is 17.0 Å². The Hall–Kier alpha value is -0.270. The summed E-state index contributed by atoms with van der Waals surface area (Å²) in [6.07, 6.45) is 0. The van der Waals surface area contributed by atoms with Gasteiger partial charge in [-0.15, -0.1) is 0 Å². The molecule has 1 atom stereocenters. The maximum absolute atomic E-state index is 6.01. The molecule has 0 saturated carbocycles. The Balaban J connectivity index is 2.18. The molecule has 0 fully saturated rings. The van der Waals surface area contributed by atoms with Crippen LogP contribution in [0.3, 0.4) is 0 Å². The number of benzene rings is 2. The maximum Gasteiger partial charge on any atom is 0.124 e. The zero-order valence-electron chi connectivity index (χ0n) is 10.4. The normalized spacial score (nSPS) is 18.2. The molecule has 20 heavy (non-hydrogen) atoms. The van der Waals surface area contributed by atoms with Gasteiger partial charge < -0.3 is 4.74 Å². The fraction of sp³-hybridized carbons (Fsp3) is 0.125. The van der Waals surface area contributed by atoms with E-state index in [0.717, 1.165) is 10.8 Å². The van der Waals surface area contributed by atoms with Gasteiger partial charge in [0.15, 0.2) is 0 Å². The van der Waals surface area contributed by atoms with E-state index >= 15 is 0 Å². The van der Waals surface area contributed by atoms with E-state index in [2.05, 4.69) is 69.4 Å². The number of para-hydroxylation sites is 1. The molecule has 1 aliphatic rings. The van der Waals surface area contributed by atoms with Crippen molar-refractivity contribution in [2.45, 2.75) is 5.92 Å². The summed E-state index contributed by atoms with van der Waals surface area (Å²) in [7, 11) is 0. The Kier molecular flexibility index (Phi) is 4.57. The van der Waals surface area contributed by atoms with Crippen molar-refractivity contribution in [3.05, 3.63) is 71.8 Å². The zero-order chi connectivity index (χ0) is 14.1. The third-order valence-corrected chi connectivity index (χ3v) is 6.75. The molecule has 0 aliphatic carbocycles. The molecule has 1 aliphatic heterocycles. The summed E-state index contributed by atoms with van der Waals surface area (Å²) in [6, 6.07) is 16.3. The van der Waals surface area contributed by atoms with Crippen LogP contribution in [0.5, 0.6) is 5.75 Å². The summed E-state index contributed by atoms with van der Waals surface area (Å²) >= 11 is 10.8. The summed E-state index contributed by atoms with van der Waals surface area (Å²) in [5.41, 5.74) is 2.46. The van der Waals surface area contributed by atoms with E-state index in [1.807, 2.05) is 24.3 Å². The van der Waals surface area contributed by atoms with Gasteiger partial charge in [0.2, 0.25) is 0 Å². The average Bonchev–Trinajstić information content (AvgIpc) is 2.59. The highest BCUT2D eigenvalue weighted by Crippen LogP contribution is 2.44. The monoisotopic (exact) mass is 508 g/mol. The molecule has 1 unspecified atom stereocenters. The smallest absolute Gasteiger partial charge is 0.124 e. The summed E-state index contributed by atoms with van der Waals surface area (Å²) < 4.78 is 8.48. The van der Waals surface area contributed by atoms with Gasteiger partial charge in [-0.3, -0.25) is 0 Å². The first kappa shape index (κ1) is 14.7. The fourth-order valence-electron chi connectivity index (χ4n) is 2.33. The number of hydrogen-bond acceptors (Lipinski definition) is 1. The molecule has 1 heterocycles. The maximum atomic E-state index is 6.01. The van der Waals surface area contributed by atoms with Crippen molar-refractivity contribution in [3.8, 4) is 5.75 Å². The van der Waals surface area contributed by atoms with Crippen LogP contribution in [0.15, 0.2) is 55.7 Å². The Morgan fingerprint density at radius 1 is 1.00 bits per heavy atom. The molecule has 0 aromatic heterocycles. The van der Waals surface area contributed by atoms with E-state index in [-0.39, 0.29) is 5.92 Å². The number of rotatable bonds is 1. The SMILES string of the molecule is Clc1ccc(C2C(I)=C(I)COc3ccccc32)cc1.